The minimum Gasteiger partial charge on any atom is -0.466 e. The minimum atomic E-state index is -0.0678. The molecule has 0 aliphatic heterocycles. The Morgan fingerprint density at radius 2 is 1.04 bits per heavy atom. The predicted molar refractivity (Wildman–Crippen MR) is 116 cm³/mol. The van der Waals surface area contributed by atoms with Gasteiger partial charge in [0.25, 0.3) is 0 Å². The monoisotopic (exact) mass is 396 g/mol. The van der Waals surface area contributed by atoms with E-state index < -0.39 is 0 Å². The number of carbonyl (C=O) groups excluding carboxylic acids is 2. The lowest BCUT2D eigenvalue weighted by Gasteiger charge is -2.05. The average molecular weight is 397 g/mol. The molecule has 0 aromatic rings. The molecule has 0 N–H and O–H groups in total. The van der Waals surface area contributed by atoms with E-state index in [0.29, 0.717) is 26.1 Å². The molecule has 0 rings (SSSR count). The summed E-state index contributed by atoms with van der Waals surface area (Å²) in [6, 6.07) is 0. The van der Waals surface area contributed by atoms with Crippen LogP contribution in [-0.4, -0.2) is 25.2 Å². The van der Waals surface area contributed by atoms with Crippen molar-refractivity contribution in [3.63, 3.8) is 0 Å². The summed E-state index contributed by atoms with van der Waals surface area (Å²) in [5, 5.41) is 0. The number of hydrogen-bond acceptors (Lipinski definition) is 4. The van der Waals surface area contributed by atoms with Crippen LogP contribution in [0.15, 0.2) is 12.2 Å². The van der Waals surface area contributed by atoms with Crippen LogP contribution in [0.3, 0.4) is 0 Å². The van der Waals surface area contributed by atoms with E-state index in [1.807, 2.05) is 0 Å². The SMILES string of the molecule is CCCCC/C=C/CCCOC(=O)CCCCCCCCC(=O)OCCCC. The zero-order valence-corrected chi connectivity index (χ0v) is 18.5. The second kappa shape index (κ2) is 22.0. The molecule has 0 radical (unpaired) electrons. The van der Waals surface area contributed by atoms with Gasteiger partial charge in [0, 0.05) is 12.8 Å². The van der Waals surface area contributed by atoms with Gasteiger partial charge < -0.3 is 9.47 Å². The number of unbranched alkanes of at least 4 members (excludes halogenated alkanes) is 10. The van der Waals surface area contributed by atoms with Crippen molar-refractivity contribution < 1.29 is 19.1 Å². The van der Waals surface area contributed by atoms with Gasteiger partial charge in [0.2, 0.25) is 0 Å². The zero-order valence-electron chi connectivity index (χ0n) is 18.5. The molecule has 0 atom stereocenters. The molecule has 0 aliphatic carbocycles. The maximum Gasteiger partial charge on any atom is 0.305 e. The van der Waals surface area contributed by atoms with E-state index in [2.05, 4.69) is 26.0 Å². The lowest BCUT2D eigenvalue weighted by atomic mass is 10.1. The summed E-state index contributed by atoms with van der Waals surface area (Å²) < 4.78 is 10.4. The fourth-order valence-corrected chi connectivity index (χ4v) is 2.86. The number of esters is 2. The first-order valence-electron chi connectivity index (χ1n) is 11.7. The highest BCUT2D eigenvalue weighted by Crippen LogP contribution is 2.10. The lowest BCUT2D eigenvalue weighted by molar-refractivity contribution is -0.144. The van der Waals surface area contributed by atoms with Crippen molar-refractivity contribution in [3.8, 4) is 0 Å². The van der Waals surface area contributed by atoms with Gasteiger partial charge in [-0.25, -0.2) is 0 Å². The third-order valence-electron chi connectivity index (χ3n) is 4.69. The first kappa shape index (κ1) is 26.7. The second-order valence-corrected chi connectivity index (χ2v) is 7.53. The van der Waals surface area contributed by atoms with Crippen LogP contribution in [0.4, 0.5) is 0 Å². The lowest BCUT2D eigenvalue weighted by Crippen LogP contribution is -2.05. The normalized spacial score (nSPS) is 11.1. The Morgan fingerprint density at radius 3 is 1.57 bits per heavy atom. The average Bonchev–Trinajstić information content (AvgIpc) is 2.69. The maximum atomic E-state index is 11.7. The number of rotatable bonds is 20. The van der Waals surface area contributed by atoms with Crippen molar-refractivity contribution in [2.45, 2.75) is 117 Å². The fourth-order valence-electron chi connectivity index (χ4n) is 2.86. The first-order chi connectivity index (χ1) is 13.7. The highest BCUT2D eigenvalue weighted by atomic mass is 16.5. The molecule has 4 nitrogen and oxygen atoms in total. The number of carbonyl (C=O) groups is 2. The van der Waals surface area contributed by atoms with E-state index in [1.165, 1.54) is 19.3 Å². The molecule has 0 saturated heterocycles. The Hall–Kier alpha value is -1.32. The van der Waals surface area contributed by atoms with E-state index >= 15 is 0 Å². The quantitative estimate of drug-likeness (QED) is 0.127. The van der Waals surface area contributed by atoms with Crippen LogP contribution in [0.25, 0.3) is 0 Å². The van der Waals surface area contributed by atoms with Crippen LogP contribution >= 0.6 is 0 Å². The van der Waals surface area contributed by atoms with Gasteiger partial charge in [-0.2, -0.15) is 0 Å². The van der Waals surface area contributed by atoms with E-state index in [0.717, 1.165) is 70.6 Å². The van der Waals surface area contributed by atoms with Gasteiger partial charge in [0.05, 0.1) is 13.2 Å². The Morgan fingerprint density at radius 1 is 0.571 bits per heavy atom. The molecule has 0 heterocycles. The summed E-state index contributed by atoms with van der Waals surface area (Å²) in [6.07, 6.45) is 20.5. The Labute approximate surface area is 173 Å². The highest BCUT2D eigenvalue weighted by Gasteiger charge is 2.03. The van der Waals surface area contributed by atoms with E-state index in [1.54, 1.807) is 0 Å². The first-order valence-corrected chi connectivity index (χ1v) is 11.7. The zero-order chi connectivity index (χ0) is 20.7. The second-order valence-electron chi connectivity index (χ2n) is 7.53. The van der Waals surface area contributed by atoms with Crippen molar-refractivity contribution >= 4 is 11.9 Å². The molecular weight excluding hydrogens is 352 g/mol. The molecule has 164 valence electrons. The molecule has 0 amide bonds. The van der Waals surface area contributed by atoms with Crippen LogP contribution < -0.4 is 0 Å². The van der Waals surface area contributed by atoms with Crippen molar-refractivity contribution in [2.75, 3.05) is 13.2 Å². The standard InChI is InChI=1S/C24H44O4/c1-3-5-7-8-9-12-15-18-22-28-24(26)20-17-14-11-10-13-16-19-23(25)27-21-6-4-2/h9,12H,3-8,10-11,13-22H2,1-2H3/b12-9+. The smallest absolute Gasteiger partial charge is 0.305 e. The molecule has 0 unspecified atom stereocenters. The Balaban J connectivity index is 3.29. The van der Waals surface area contributed by atoms with Crippen molar-refractivity contribution in [1.29, 1.82) is 0 Å². The number of hydrogen-bond donors (Lipinski definition) is 0. The van der Waals surface area contributed by atoms with E-state index in [4.69, 9.17) is 9.47 Å². The summed E-state index contributed by atoms with van der Waals surface area (Å²) in [5.41, 5.74) is 0. The van der Waals surface area contributed by atoms with Crippen LogP contribution in [0.2, 0.25) is 0 Å². The van der Waals surface area contributed by atoms with Crippen molar-refractivity contribution in [1.82, 2.24) is 0 Å². The van der Waals surface area contributed by atoms with E-state index in [-0.39, 0.29) is 11.9 Å². The summed E-state index contributed by atoms with van der Waals surface area (Å²) >= 11 is 0. The van der Waals surface area contributed by atoms with Gasteiger partial charge in [0.15, 0.2) is 0 Å². The summed E-state index contributed by atoms with van der Waals surface area (Å²) in [6.45, 7) is 5.39. The molecule has 28 heavy (non-hydrogen) atoms. The van der Waals surface area contributed by atoms with Crippen LogP contribution in [-0.2, 0) is 19.1 Å². The van der Waals surface area contributed by atoms with Crippen LogP contribution in [0, 0.1) is 0 Å². The van der Waals surface area contributed by atoms with Crippen molar-refractivity contribution in [3.05, 3.63) is 12.2 Å². The summed E-state index contributed by atoms with van der Waals surface area (Å²) in [4.78, 5) is 23.1. The van der Waals surface area contributed by atoms with Crippen molar-refractivity contribution in [2.24, 2.45) is 0 Å². The van der Waals surface area contributed by atoms with Gasteiger partial charge in [-0.15, -0.1) is 0 Å². The third-order valence-corrected chi connectivity index (χ3v) is 4.69. The van der Waals surface area contributed by atoms with Crippen LogP contribution in [0.5, 0.6) is 0 Å². The Bertz CT molecular complexity index is 390. The molecule has 0 aromatic carbocycles. The van der Waals surface area contributed by atoms with Gasteiger partial charge in [-0.3, -0.25) is 9.59 Å². The van der Waals surface area contributed by atoms with Gasteiger partial charge >= 0.3 is 11.9 Å². The summed E-state index contributed by atoms with van der Waals surface area (Å²) in [5.74, 6) is -0.134. The number of allylic oxidation sites excluding steroid dienone is 2. The predicted octanol–water partition coefficient (Wildman–Crippen LogP) is 6.91. The van der Waals surface area contributed by atoms with Gasteiger partial charge in [-0.05, 0) is 44.9 Å². The van der Waals surface area contributed by atoms with Gasteiger partial charge in [0.1, 0.15) is 0 Å². The molecule has 0 aliphatic rings. The molecule has 0 saturated carbocycles. The minimum absolute atomic E-state index is 0.0665. The molecule has 0 bridgehead atoms. The molecule has 0 fully saturated rings. The Kier molecular flexibility index (Phi) is 20.9. The molecule has 4 heteroatoms. The molecule has 0 aromatic heterocycles. The highest BCUT2D eigenvalue weighted by molar-refractivity contribution is 5.69. The fraction of sp³-hybridized carbons (Fsp3) is 0.833. The van der Waals surface area contributed by atoms with E-state index in [9.17, 15) is 9.59 Å². The number of ether oxygens (including phenoxy) is 2. The summed E-state index contributed by atoms with van der Waals surface area (Å²) in [7, 11) is 0. The van der Waals surface area contributed by atoms with Crippen LogP contribution in [0.1, 0.15) is 117 Å². The largest absolute Gasteiger partial charge is 0.466 e. The maximum absolute atomic E-state index is 11.7. The van der Waals surface area contributed by atoms with Gasteiger partial charge in [-0.1, -0.05) is 70.9 Å². The third kappa shape index (κ3) is 21.0. The molecular formula is C24H44O4. The topological polar surface area (TPSA) is 52.6 Å². The molecule has 0 spiro atoms.